The van der Waals surface area contributed by atoms with Gasteiger partial charge in [0, 0.05) is 19.2 Å². The van der Waals surface area contributed by atoms with Crippen LogP contribution < -0.4 is 5.32 Å². The highest BCUT2D eigenvalue weighted by molar-refractivity contribution is 5.35. The molecule has 102 valence electrons. The Bertz CT molecular complexity index is 328. The third-order valence-corrected chi connectivity index (χ3v) is 3.56. The highest BCUT2D eigenvalue weighted by atomic mass is 15.2. The average molecular weight is 250 g/mol. The van der Waals surface area contributed by atoms with Crippen LogP contribution in [-0.2, 0) is 6.54 Å². The van der Waals surface area contributed by atoms with Gasteiger partial charge in [-0.25, -0.2) is 0 Å². The zero-order chi connectivity index (χ0) is 12.6. The molecule has 18 heavy (non-hydrogen) atoms. The van der Waals surface area contributed by atoms with Gasteiger partial charge in [-0.05, 0) is 32.4 Å². The standard InChI is InChI=1S/C14H26N4/c1-2-3-5-8-15-14-11-13(16-17-14)12-18-9-6-4-7-10-18/h11H,2-10,12H2,1H3,(H2,15,16,17). The number of likely N-dealkylation sites (tertiary alicyclic amines) is 1. The maximum Gasteiger partial charge on any atom is 0.121 e. The Kier molecular flexibility index (Phi) is 5.52. The van der Waals surface area contributed by atoms with Gasteiger partial charge in [-0.15, -0.1) is 0 Å². The Morgan fingerprint density at radius 2 is 2.11 bits per heavy atom. The van der Waals surface area contributed by atoms with Crippen LogP contribution in [0.2, 0.25) is 0 Å². The zero-order valence-electron chi connectivity index (χ0n) is 11.5. The molecule has 1 aliphatic rings. The van der Waals surface area contributed by atoms with Crippen molar-refractivity contribution in [3.05, 3.63) is 11.8 Å². The second-order valence-electron chi connectivity index (χ2n) is 5.24. The summed E-state index contributed by atoms with van der Waals surface area (Å²) in [4.78, 5) is 2.50. The summed E-state index contributed by atoms with van der Waals surface area (Å²) in [6.45, 7) is 6.72. The molecule has 0 aromatic carbocycles. The molecule has 0 aliphatic carbocycles. The first-order valence-electron chi connectivity index (χ1n) is 7.39. The van der Waals surface area contributed by atoms with E-state index in [-0.39, 0.29) is 0 Å². The van der Waals surface area contributed by atoms with E-state index in [4.69, 9.17) is 0 Å². The van der Waals surface area contributed by atoms with Gasteiger partial charge < -0.3 is 5.32 Å². The molecule has 1 saturated heterocycles. The van der Waals surface area contributed by atoms with Crippen LogP contribution in [0.3, 0.4) is 0 Å². The lowest BCUT2D eigenvalue weighted by Crippen LogP contribution is -2.29. The number of piperidine rings is 1. The fourth-order valence-corrected chi connectivity index (χ4v) is 2.48. The van der Waals surface area contributed by atoms with E-state index in [9.17, 15) is 0 Å². The Morgan fingerprint density at radius 1 is 1.28 bits per heavy atom. The summed E-state index contributed by atoms with van der Waals surface area (Å²) in [5.41, 5.74) is 1.16. The average Bonchev–Trinajstić information content (AvgIpc) is 2.84. The third-order valence-electron chi connectivity index (χ3n) is 3.56. The second-order valence-corrected chi connectivity index (χ2v) is 5.24. The summed E-state index contributed by atoms with van der Waals surface area (Å²) in [6, 6.07) is 2.15. The molecule has 2 heterocycles. The summed E-state index contributed by atoms with van der Waals surface area (Å²) in [5.74, 6) is 1.07. The van der Waals surface area contributed by atoms with Gasteiger partial charge in [0.1, 0.15) is 5.82 Å². The van der Waals surface area contributed by atoms with Crippen molar-refractivity contribution < 1.29 is 0 Å². The zero-order valence-corrected chi connectivity index (χ0v) is 11.5. The van der Waals surface area contributed by atoms with Gasteiger partial charge >= 0.3 is 0 Å². The SMILES string of the molecule is CCCCCNc1cc(CN2CCCCC2)n[nH]1. The highest BCUT2D eigenvalue weighted by Gasteiger charge is 2.11. The number of aromatic amines is 1. The minimum atomic E-state index is 0.993. The molecule has 0 atom stereocenters. The number of unbranched alkanes of at least 4 members (excludes halogenated alkanes) is 2. The first-order valence-corrected chi connectivity index (χ1v) is 7.39. The van der Waals surface area contributed by atoms with Crippen LogP contribution in [0, 0.1) is 0 Å². The smallest absolute Gasteiger partial charge is 0.121 e. The van der Waals surface area contributed by atoms with Crippen molar-refractivity contribution in [3.8, 4) is 0 Å². The largest absolute Gasteiger partial charge is 0.370 e. The van der Waals surface area contributed by atoms with E-state index in [2.05, 4.69) is 33.4 Å². The number of nitrogens with zero attached hydrogens (tertiary/aromatic N) is 2. The Hall–Kier alpha value is -1.03. The molecule has 4 nitrogen and oxygen atoms in total. The normalized spacial score (nSPS) is 16.9. The first-order chi connectivity index (χ1) is 8.88. The van der Waals surface area contributed by atoms with Crippen LogP contribution in [0.25, 0.3) is 0 Å². The number of H-pyrrole nitrogens is 1. The van der Waals surface area contributed by atoms with Gasteiger partial charge in [0.05, 0.1) is 5.69 Å². The Morgan fingerprint density at radius 3 is 2.89 bits per heavy atom. The van der Waals surface area contributed by atoms with Crippen molar-refractivity contribution >= 4 is 5.82 Å². The molecule has 4 heteroatoms. The van der Waals surface area contributed by atoms with E-state index in [1.165, 1.54) is 51.6 Å². The number of nitrogens with one attached hydrogen (secondary N) is 2. The van der Waals surface area contributed by atoms with Crippen molar-refractivity contribution in [1.82, 2.24) is 15.1 Å². The fourth-order valence-electron chi connectivity index (χ4n) is 2.48. The summed E-state index contributed by atoms with van der Waals surface area (Å²) in [6.07, 6.45) is 7.87. The quantitative estimate of drug-likeness (QED) is 0.731. The number of hydrogen-bond acceptors (Lipinski definition) is 3. The predicted octanol–water partition coefficient (Wildman–Crippen LogP) is 3.00. The van der Waals surface area contributed by atoms with Crippen LogP contribution in [0.5, 0.6) is 0 Å². The lowest BCUT2D eigenvalue weighted by Gasteiger charge is -2.25. The molecule has 1 fully saturated rings. The van der Waals surface area contributed by atoms with E-state index in [0.717, 1.165) is 24.6 Å². The van der Waals surface area contributed by atoms with Crippen molar-refractivity contribution in [3.63, 3.8) is 0 Å². The maximum absolute atomic E-state index is 4.38. The molecule has 0 spiro atoms. The fraction of sp³-hybridized carbons (Fsp3) is 0.786. The van der Waals surface area contributed by atoms with E-state index in [1.807, 2.05) is 0 Å². The van der Waals surface area contributed by atoms with Gasteiger partial charge in [-0.3, -0.25) is 10.00 Å². The number of rotatable bonds is 7. The molecule has 0 radical (unpaired) electrons. The summed E-state index contributed by atoms with van der Waals surface area (Å²) in [5, 5.41) is 10.9. The van der Waals surface area contributed by atoms with Crippen LogP contribution >= 0.6 is 0 Å². The Balaban J connectivity index is 1.71. The molecule has 1 aliphatic heterocycles. The van der Waals surface area contributed by atoms with Crippen molar-refractivity contribution in [2.45, 2.75) is 52.0 Å². The van der Waals surface area contributed by atoms with E-state index in [1.54, 1.807) is 0 Å². The highest BCUT2D eigenvalue weighted by Crippen LogP contribution is 2.13. The molecule has 2 rings (SSSR count). The number of anilines is 1. The molecule has 0 unspecified atom stereocenters. The molecule has 1 aromatic rings. The van der Waals surface area contributed by atoms with Crippen LogP contribution in [0.4, 0.5) is 5.82 Å². The van der Waals surface area contributed by atoms with Gasteiger partial charge in [-0.2, -0.15) is 5.10 Å². The van der Waals surface area contributed by atoms with Crippen molar-refractivity contribution in [1.29, 1.82) is 0 Å². The second kappa shape index (κ2) is 7.41. The monoisotopic (exact) mass is 250 g/mol. The van der Waals surface area contributed by atoms with Gasteiger partial charge in [-0.1, -0.05) is 26.2 Å². The third kappa shape index (κ3) is 4.33. The Labute approximate surface area is 110 Å². The predicted molar refractivity (Wildman–Crippen MR) is 75.7 cm³/mol. The minimum Gasteiger partial charge on any atom is -0.370 e. The van der Waals surface area contributed by atoms with E-state index >= 15 is 0 Å². The van der Waals surface area contributed by atoms with Crippen molar-refractivity contribution in [2.24, 2.45) is 0 Å². The molecule has 0 saturated carbocycles. The van der Waals surface area contributed by atoms with E-state index in [0.29, 0.717) is 0 Å². The van der Waals surface area contributed by atoms with Gasteiger partial charge in [0.2, 0.25) is 0 Å². The number of hydrogen-bond donors (Lipinski definition) is 2. The van der Waals surface area contributed by atoms with Crippen LogP contribution in [0.15, 0.2) is 6.07 Å². The maximum atomic E-state index is 4.38. The van der Waals surface area contributed by atoms with E-state index < -0.39 is 0 Å². The molecule has 0 bridgehead atoms. The van der Waals surface area contributed by atoms with Gasteiger partial charge in [0.15, 0.2) is 0 Å². The number of aromatic nitrogens is 2. The molecular weight excluding hydrogens is 224 g/mol. The summed E-state index contributed by atoms with van der Waals surface area (Å²) >= 11 is 0. The molecule has 1 aromatic heterocycles. The molecular formula is C14H26N4. The summed E-state index contributed by atoms with van der Waals surface area (Å²) < 4.78 is 0. The van der Waals surface area contributed by atoms with Crippen LogP contribution in [-0.4, -0.2) is 34.7 Å². The van der Waals surface area contributed by atoms with Crippen molar-refractivity contribution in [2.75, 3.05) is 25.0 Å². The topological polar surface area (TPSA) is 44.0 Å². The lowest BCUT2D eigenvalue weighted by molar-refractivity contribution is 0.218. The van der Waals surface area contributed by atoms with Gasteiger partial charge in [0.25, 0.3) is 0 Å². The molecule has 0 amide bonds. The lowest BCUT2D eigenvalue weighted by atomic mass is 10.1. The summed E-state index contributed by atoms with van der Waals surface area (Å²) in [7, 11) is 0. The first kappa shape index (κ1) is 13.4. The minimum absolute atomic E-state index is 0.993. The molecule has 2 N–H and O–H groups in total. The van der Waals surface area contributed by atoms with Crippen LogP contribution in [0.1, 0.15) is 51.1 Å².